The Kier molecular flexibility index (Phi) is 7.06. The number of carbonyl (C=O) groups excluding carboxylic acids is 1. The molecule has 2 saturated carbocycles. The van der Waals surface area contributed by atoms with Crippen molar-refractivity contribution in [3.8, 4) is 17.2 Å². The number of nitrogens with zero attached hydrogens (tertiary/aromatic N) is 4. The van der Waals surface area contributed by atoms with E-state index < -0.39 is 0 Å². The molecular weight excluding hydrogens is 550 g/mol. The molecule has 2 aromatic heterocycles. The van der Waals surface area contributed by atoms with Crippen molar-refractivity contribution >= 4 is 23.0 Å². The zero-order valence-corrected chi connectivity index (χ0v) is 25.5. The Labute approximate surface area is 259 Å². The van der Waals surface area contributed by atoms with Crippen LogP contribution in [0.25, 0.3) is 11.0 Å². The molecule has 1 N–H and O–H groups in total. The molecule has 0 atom stereocenters. The molecule has 0 unspecified atom stereocenters. The van der Waals surface area contributed by atoms with E-state index in [9.17, 15) is 4.79 Å². The fourth-order valence-corrected chi connectivity index (χ4v) is 7.87. The highest BCUT2D eigenvalue weighted by Gasteiger charge is 2.54. The first-order valence-electron chi connectivity index (χ1n) is 16.2. The Balaban J connectivity index is 0.829. The number of anilines is 1. The minimum Gasteiger partial charge on any atom is -0.496 e. The quantitative estimate of drug-likeness (QED) is 0.231. The van der Waals surface area contributed by atoms with Gasteiger partial charge in [-0.2, -0.15) is 0 Å². The third-order valence-electron chi connectivity index (χ3n) is 10.7. The number of hydrogen-bond donors (Lipinski definition) is 1. The van der Waals surface area contributed by atoms with Gasteiger partial charge in [0.2, 0.25) is 0 Å². The number of pyridine rings is 1. The second-order valence-corrected chi connectivity index (χ2v) is 13.5. The Morgan fingerprint density at radius 2 is 1.84 bits per heavy atom. The Morgan fingerprint density at radius 1 is 1.00 bits per heavy atom. The van der Waals surface area contributed by atoms with Crippen LogP contribution in [0.3, 0.4) is 0 Å². The number of piperazine rings is 1. The van der Waals surface area contributed by atoms with Crippen LogP contribution in [0.1, 0.15) is 59.5 Å². The Morgan fingerprint density at radius 3 is 2.59 bits per heavy atom. The van der Waals surface area contributed by atoms with Gasteiger partial charge >= 0.3 is 0 Å². The average molecular weight is 592 g/mol. The van der Waals surface area contributed by atoms with Crippen LogP contribution in [-0.2, 0) is 6.54 Å². The van der Waals surface area contributed by atoms with Gasteiger partial charge in [0.1, 0.15) is 22.9 Å². The van der Waals surface area contributed by atoms with Gasteiger partial charge in [0.15, 0.2) is 6.29 Å². The van der Waals surface area contributed by atoms with E-state index in [2.05, 4.69) is 42.9 Å². The SMILES string of the molecule is COc1cc(CN2CCN(C3CC4(C3)CN(c3ccc(C=O)c(Oc5cnc6[nH]ccc6c5)c3)C4)CC2)ccc1C1CCC1. The van der Waals surface area contributed by atoms with E-state index in [4.69, 9.17) is 9.47 Å². The third kappa shape index (κ3) is 5.14. The molecule has 1 spiro atoms. The zero-order chi connectivity index (χ0) is 29.7. The number of H-pyrrole nitrogens is 1. The Hall–Kier alpha value is -3.88. The minimum atomic E-state index is 0.425. The number of aromatic amines is 1. The maximum Gasteiger partial charge on any atom is 0.153 e. The first kappa shape index (κ1) is 27.7. The van der Waals surface area contributed by atoms with E-state index in [0.29, 0.717) is 34.4 Å². The summed E-state index contributed by atoms with van der Waals surface area (Å²) in [5, 5.41) is 0.978. The summed E-state index contributed by atoms with van der Waals surface area (Å²) in [6, 6.07) is 17.4. The molecule has 44 heavy (non-hydrogen) atoms. The summed E-state index contributed by atoms with van der Waals surface area (Å²) in [7, 11) is 1.81. The molecule has 4 heterocycles. The molecule has 8 heteroatoms. The molecule has 228 valence electrons. The largest absolute Gasteiger partial charge is 0.496 e. The molecule has 4 aromatic rings. The lowest BCUT2D eigenvalue weighted by Gasteiger charge is -2.62. The van der Waals surface area contributed by atoms with Crippen molar-refractivity contribution in [1.82, 2.24) is 19.8 Å². The van der Waals surface area contributed by atoms with Gasteiger partial charge in [0.05, 0.1) is 18.9 Å². The van der Waals surface area contributed by atoms with Crippen LogP contribution in [0, 0.1) is 5.41 Å². The topological polar surface area (TPSA) is 73.9 Å². The predicted octanol–water partition coefficient (Wildman–Crippen LogP) is 6.23. The van der Waals surface area contributed by atoms with Crippen LogP contribution in [-0.4, -0.2) is 78.5 Å². The van der Waals surface area contributed by atoms with Crippen molar-refractivity contribution in [3.63, 3.8) is 0 Å². The van der Waals surface area contributed by atoms with Crippen molar-refractivity contribution in [1.29, 1.82) is 0 Å². The van der Waals surface area contributed by atoms with Gasteiger partial charge in [-0.15, -0.1) is 0 Å². The summed E-state index contributed by atoms with van der Waals surface area (Å²) in [5.41, 5.74) is 5.67. The van der Waals surface area contributed by atoms with Crippen molar-refractivity contribution in [2.75, 3.05) is 51.3 Å². The van der Waals surface area contributed by atoms with Crippen LogP contribution in [0.4, 0.5) is 5.69 Å². The molecule has 2 saturated heterocycles. The summed E-state index contributed by atoms with van der Waals surface area (Å²) in [5.74, 6) is 2.98. The van der Waals surface area contributed by atoms with Gasteiger partial charge in [-0.3, -0.25) is 14.6 Å². The number of ether oxygens (including phenoxy) is 2. The number of nitrogens with one attached hydrogen (secondary N) is 1. The van der Waals surface area contributed by atoms with Gasteiger partial charge in [-0.25, -0.2) is 4.98 Å². The zero-order valence-electron chi connectivity index (χ0n) is 25.5. The van der Waals surface area contributed by atoms with Gasteiger partial charge in [-0.1, -0.05) is 18.6 Å². The highest BCUT2D eigenvalue weighted by atomic mass is 16.5. The van der Waals surface area contributed by atoms with Gasteiger partial charge in [0, 0.05) is 80.6 Å². The van der Waals surface area contributed by atoms with E-state index in [1.165, 1.54) is 43.2 Å². The highest BCUT2D eigenvalue weighted by molar-refractivity contribution is 5.82. The van der Waals surface area contributed by atoms with Crippen LogP contribution in [0.5, 0.6) is 17.2 Å². The molecule has 8 rings (SSSR count). The molecule has 0 amide bonds. The van der Waals surface area contributed by atoms with Gasteiger partial charge < -0.3 is 19.4 Å². The number of benzene rings is 2. The Bertz CT molecular complexity index is 1660. The van der Waals surface area contributed by atoms with Gasteiger partial charge in [0.25, 0.3) is 0 Å². The van der Waals surface area contributed by atoms with Crippen LogP contribution < -0.4 is 14.4 Å². The number of carbonyl (C=O) groups is 1. The lowest BCUT2D eigenvalue weighted by molar-refractivity contribution is -0.0380. The molecule has 0 radical (unpaired) electrons. The van der Waals surface area contributed by atoms with E-state index in [1.807, 2.05) is 43.6 Å². The second-order valence-electron chi connectivity index (χ2n) is 13.5. The lowest BCUT2D eigenvalue weighted by Crippen LogP contribution is -2.68. The fraction of sp³-hybridized carbons (Fsp3) is 0.444. The van der Waals surface area contributed by atoms with E-state index in [-0.39, 0.29) is 0 Å². The van der Waals surface area contributed by atoms with Crippen LogP contribution in [0.2, 0.25) is 0 Å². The normalized spacial score (nSPS) is 20.7. The minimum absolute atomic E-state index is 0.425. The number of hydrogen-bond acceptors (Lipinski definition) is 7. The molecule has 2 aromatic carbocycles. The first-order chi connectivity index (χ1) is 21.6. The molecule has 2 aliphatic heterocycles. The summed E-state index contributed by atoms with van der Waals surface area (Å²) in [6.45, 7) is 7.70. The smallest absolute Gasteiger partial charge is 0.153 e. The average Bonchev–Trinajstić information content (AvgIpc) is 3.45. The maximum atomic E-state index is 11.8. The second kappa shape index (κ2) is 11.2. The van der Waals surface area contributed by atoms with Crippen molar-refractivity contribution in [3.05, 3.63) is 77.6 Å². The molecule has 4 fully saturated rings. The van der Waals surface area contributed by atoms with Crippen molar-refractivity contribution < 1.29 is 14.3 Å². The molecular formula is C36H41N5O3. The van der Waals surface area contributed by atoms with Crippen molar-refractivity contribution in [2.45, 2.75) is 50.6 Å². The number of rotatable bonds is 9. The summed E-state index contributed by atoms with van der Waals surface area (Å²) in [4.78, 5) is 27.0. The van der Waals surface area contributed by atoms with E-state index in [0.717, 1.165) is 74.6 Å². The van der Waals surface area contributed by atoms with Gasteiger partial charge in [-0.05, 0) is 73.1 Å². The molecule has 4 aliphatic rings. The number of aromatic nitrogens is 2. The number of fused-ring (bicyclic) bond motifs is 1. The van der Waals surface area contributed by atoms with E-state index in [1.54, 1.807) is 6.20 Å². The van der Waals surface area contributed by atoms with Crippen molar-refractivity contribution in [2.24, 2.45) is 5.41 Å². The summed E-state index contributed by atoms with van der Waals surface area (Å²) in [6.07, 6.45) is 10.9. The maximum absolute atomic E-state index is 11.8. The number of aldehydes is 1. The fourth-order valence-electron chi connectivity index (χ4n) is 7.87. The number of methoxy groups -OCH3 is 1. The van der Waals surface area contributed by atoms with E-state index >= 15 is 0 Å². The predicted molar refractivity (Wildman–Crippen MR) is 172 cm³/mol. The molecule has 8 nitrogen and oxygen atoms in total. The highest BCUT2D eigenvalue weighted by Crippen LogP contribution is 2.52. The molecule has 0 bridgehead atoms. The third-order valence-corrected chi connectivity index (χ3v) is 10.7. The van der Waals surface area contributed by atoms with Crippen LogP contribution in [0.15, 0.2) is 60.9 Å². The summed E-state index contributed by atoms with van der Waals surface area (Å²) >= 11 is 0. The first-order valence-corrected chi connectivity index (χ1v) is 16.2. The lowest BCUT2D eigenvalue weighted by atomic mass is 9.60. The molecule has 2 aliphatic carbocycles. The van der Waals surface area contributed by atoms with Crippen LogP contribution >= 0.6 is 0 Å². The monoisotopic (exact) mass is 591 g/mol. The standard InChI is InChI=1S/C36H41N5O3/c1-43-34-15-25(5-8-32(34)26-3-2-4-26)21-39-11-13-40(14-12-39)30-18-36(19-30)23-41(24-36)29-7-6-28(22-42)33(17-29)44-31-16-27-9-10-37-35(27)38-20-31/h5-10,15-17,20,22,26,30H,2-4,11-14,18-19,21,23-24H2,1H3,(H,37,38). The summed E-state index contributed by atoms with van der Waals surface area (Å²) < 4.78 is 11.9.